The summed E-state index contributed by atoms with van der Waals surface area (Å²) < 4.78 is 13.0. The highest BCUT2D eigenvalue weighted by molar-refractivity contribution is 6.03. The minimum Gasteiger partial charge on any atom is -0.481 e. The van der Waals surface area contributed by atoms with E-state index in [4.69, 9.17) is 5.73 Å². The maximum Gasteiger partial charge on any atom is 0.311 e. The second-order valence-corrected chi connectivity index (χ2v) is 5.10. The number of aliphatic carboxylic acids is 1. The zero-order valence-electron chi connectivity index (χ0n) is 12.5. The zero-order valence-corrected chi connectivity index (χ0v) is 12.5. The van der Waals surface area contributed by atoms with Crippen LogP contribution >= 0.6 is 0 Å². The predicted molar refractivity (Wildman–Crippen MR) is 85.0 cm³/mol. The molecule has 0 saturated heterocycles. The Morgan fingerprint density at radius 1 is 1.08 bits per heavy atom. The number of primary amides is 1. The highest BCUT2D eigenvalue weighted by Crippen LogP contribution is 2.22. The maximum absolute atomic E-state index is 13.0. The third-order valence-corrected chi connectivity index (χ3v) is 3.43. The largest absolute Gasteiger partial charge is 0.481 e. The number of anilines is 1. The van der Waals surface area contributed by atoms with E-state index in [0.717, 1.165) is 12.1 Å². The number of rotatable bonds is 6. The Labute approximate surface area is 137 Å². The fraction of sp³-hybridized carbons (Fsp3) is 0.118. The number of hydrogen-bond acceptors (Lipinski definition) is 3. The lowest BCUT2D eigenvalue weighted by Crippen LogP contribution is -2.22. The molecule has 0 spiro atoms. The number of hydrogen-bond donors (Lipinski definition) is 3. The molecule has 7 heteroatoms. The number of amides is 2. The Morgan fingerprint density at radius 2 is 1.71 bits per heavy atom. The monoisotopic (exact) mass is 330 g/mol. The van der Waals surface area contributed by atoms with Gasteiger partial charge < -0.3 is 16.2 Å². The lowest BCUT2D eigenvalue weighted by atomic mass is 9.95. The molecule has 2 aromatic carbocycles. The van der Waals surface area contributed by atoms with Gasteiger partial charge in [0.15, 0.2) is 0 Å². The number of para-hydroxylation sites is 1. The minimum atomic E-state index is -1.21. The lowest BCUT2D eigenvalue weighted by molar-refractivity contribution is -0.140. The molecule has 0 unspecified atom stereocenters. The first-order chi connectivity index (χ1) is 11.4. The fourth-order valence-corrected chi connectivity index (χ4v) is 2.24. The van der Waals surface area contributed by atoms with Crippen LogP contribution in [-0.2, 0) is 9.59 Å². The van der Waals surface area contributed by atoms with E-state index >= 15 is 0 Å². The summed E-state index contributed by atoms with van der Waals surface area (Å²) in [6, 6.07) is 11.0. The first-order valence-electron chi connectivity index (χ1n) is 7.05. The molecule has 0 heterocycles. The van der Waals surface area contributed by atoms with Crippen LogP contribution in [0.4, 0.5) is 10.1 Å². The van der Waals surface area contributed by atoms with Gasteiger partial charge in [0.25, 0.3) is 5.91 Å². The molecule has 6 nitrogen and oxygen atoms in total. The van der Waals surface area contributed by atoms with Crippen LogP contribution in [0.1, 0.15) is 28.3 Å². The zero-order chi connectivity index (χ0) is 17.7. The average Bonchev–Trinajstić information content (AvgIpc) is 2.53. The van der Waals surface area contributed by atoms with Gasteiger partial charge in [-0.2, -0.15) is 0 Å². The van der Waals surface area contributed by atoms with Crippen molar-refractivity contribution in [1.29, 1.82) is 0 Å². The molecule has 0 bridgehead atoms. The SMILES string of the molecule is NC(=O)c1ccccc1NC(=O)C[C@H](C(=O)O)c1ccc(F)cc1. The highest BCUT2D eigenvalue weighted by atomic mass is 19.1. The van der Waals surface area contributed by atoms with Crippen LogP contribution in [0.2, 0.25) is 0 Å². The van der Waals surface area contributed by atoms with Crippen molar-refractivity contribution in [3.05, 3.63) is 65.5 Å². The van der Waals surface area contributed by atoms with E-state index in [1.54, 1.807) is 12.1 Å². The number of nitrogens with two attached hydrogens (primary N) is 1. The molecule has 1 atom stereocenters. The topological polar surface area (TPSA) is 109 Å². The van der Waals surface area contributed by atoms with Crippen LogP contribution in [0.5, 0.6) is 0 Å². The van der Waals surface area contributed by atoms with E-state index in [9.17, 15) is 23.9 Å². The number of halogens is 1. The first kappa shape index (κ1) is 17.1. The maximum atomic E-state index is 13.0. The third-order valence-electron chi connectivity index (χ3n) is 3.43. The summed E-state index contributed by atoms with van der Waals surface area (Å²) in [6.07, 6.45) is -0.367. The number of carboxylic acid groups (broad SMARTS) is 1. The molecule has 0 aliphatic carbocycles. The quantitative estimate of drug-likeness (QED) is 0.753. The standard InChI is InChI=1S/C17H15FN2O4/c18-11-7-5-10(6-8-11)13(17(23)24)9-15(21)20-14-4-2-1-3-12(14)16(19)22/h1-8,13H,9H2,(H2,19,22)(H,20,21)(H,23,24)/t13-/m0/s1. The molecular formula is C17H15FN2O4. The van der Waals surface area contributed by atoms with Gasteiger partial charge in [0.05, 0.1) is 17.2 Å². The number of carbonyl (C=O) groups is 3. The van der Waals surface area contributed by atoms with Crippen molar-refractivity contribution >= 4 is 23.5 Å². The van der Waals surface area contributed by atoms with E-state index in [-0.39, 0.29) is 17.7 Å². The number of nitrogens with one attached hydrogen (secondary N) is 1. The molecule has 2 aromatic rings. The molecule has 0 aliphatic heterocycles. The van der Waals surface area contributed by atoms with Crippen LogP contribution in [-0.4, -0.2) is 22.9 Å². The van der Waals surface area contributed by atoms with Gasteiger partial charge in [0.2, 0.25) is 5.91 Å². The van der Waals surface area contributed by atoms with E-state index in [1.807, 2.05) is 0 Å². The molecular weight excluding hydrogens is 315 g/mol. The van der Waals surface area contributed by atoms with Gasteiger partial charge in [-0.1, -0.05) is 24.3 Å². The van der Waals surface area contributed by atoms with E-state index < -0.39 is 29.5 Å². The second-order valence-electron chi connectivity index (χ2n) is 5.10. The van der Waals surface area contributed by atoms with Crippen LogP contribution in [0, 0.1) is 5.82 Å². The summed E-state index contributed by atoms with van der Waals surface area (Å²) in [4.78, 5) is 34.9. The molecule has 4 N–H and O–H groups in total. The van der Waals surface area contributed by atoms with Crippen LogP contribution in [0.3, 0.4) is 0 Å². The predicted octanol–water partition coefficient (Wildman–Crippen LogP) is 2.12. The number of carboxylic acids is 1. The lowest BCUT2D eigenvalue weighted by Gasteiger charge is -2.14. The van der Waals surface area contributed by atoms with E-state index in [0.29, 0.717) is 5.56 Å². The van der Waals surface area contributed by atoms with Gasteiger partial charge in [0, 0.05) is 6.42 Å². The van der Waals surface area contributed by atoms with Gasteiger partial charge in [-0.15, -0.1) is 0 Å². The molecule has 0 fully saturated rings. The third kappa shape index (κ3) is 4.16. The molecule has 0 aromatic heterocycles. The van der Waals surface area contributed by atoms with Gasteiger partial charge in [-0.05, 0) is 29.8 Å². The summed E-state index contributed by atoms with van der Waals surface area (Å²) in [5.74, 6) is -4.14. The van der Waals surface area contributed by atoms with Crippen molar-refractivity contribution in [3.63, 3.8) is 0 Å². The normalized spacial score (nSPS) is 11.5. The number of benzene rings is 2. The van der Waals surface area contributed by atoms with E-state index in [2.05, 4.69) is 5.32 Å². The molecule has 24 heavy (non-hydrogen) atoms. The second kappa shape index (κ2) is 7.36. The van der Waals surface area contributed by atoms with Crippen molar-refractivity contribution in [1.82, 2.24) is 0 Å². The Morgan fingerprint density at radius 3 is 2.29 bits per heavy atom. The van der Waals surface area contributed by atoms with Gasteiger partial charge in [0.1, 0.15) is 5.82 Å². The minimum absolute atomic E-state index is 0.125. The van der Waals surface area contributed by atoms with Crippen LogP contribution in [0.25, 0.3) is 0 Å². The van der Waals surface area contributed by atoms with Crippen molar-refractivity contribution in [2.24, 2.45) is 5.73 Å². The Hall–Kier alpha value is -3.22. The van der Waals surface area contributed by atoms with Gasteiger partial charge >= 0.3 is 5.97 Å². The van der Waals surface area contributed by atoms with Crippen molar-refractivity contribution in [3.8, 4) is 0 Å². The van der Waals surface area contributed by atoms with Gasteiger partial charge in [-0.3, -0.25) is 14.4 Å². The summed E-state index contributed by atoms with van der Waals surface area (Å²) in [6.45, 7) is 0. The highest BCUT2D eigenvalue weighted by Gasteiger charge is 2.24. The molecule has 2 rings (SSSR count). The molecule has 0 aliphatic rings. The molecule has 0 saturated carbocycles. The summed E-state index contributed by atoms with van der Waals surface area (Å²) >= 11 is 0. The Balaban J connectivity index is 2.16. The molecule has 0 radical (unpaired) electrons. The van der Waals surface area contributed by atoms with Crippen molar-refractivity contribution < 1.29 is 23.9 Å². The van der Waals surface area contributed by atoms with Crippen molar-refractivity contribution in [2.45, 2.75) is 12.3 Å². The Bertz CT molecular complexity index is 774. The van der Waals surface area contributed by atoms with Crippen LogP contribution < -0.4 is 11.1 Å². The summed E-state index contributed by atoms with van der Waals surface area (Å²) in [7, 11) is 0. The molecule has 124 valence electrons. The fourth-order valence-electron chi connectivity index (χ4n) is 2.24. The summed E-state index contributed by atoms with van der Waals surface area (Å²) in [5.41, 5.74) is 5.86. The van der Waals surface area contributed by atoms with E-state index in [1.165, 1.54) is 24.3 Å². The van der Waals surface area contributed by atoms with Crippen LogP contribution in [0.15, 0.2) is 48.5 Å². The van der Waals surface area contributed by atoms with Crippen molar-refractivity contribution in [2.75, 3.05) is 5.32 Å². The van der Waals surface area contributed by atoms with Gasteiger partial charge in [-0.25, -0.2) is 4.39 Å². The Kier molecular flexibility index (Phi) is 5.26. The number of carbonyl (C=O) groups excluding carboxylic acids is 2. The first-order valence-corrected chi connectivity index (χ1v) is 7.05. The smallest absolute Gasteiger partial charge is 0.311 e. The molecule has 2 amide bonds. The average molecular weight is 330 g/mol. The summed E-state index contributed by atoms with van der Waals surface area (Å²) in [5, 5.41) is 11.8.